The summed E-state index contributed by atoms with van der Waals surface area (Å²) in [6, 6.07) is 63.7. The standard InChI is InChI=1S/C43H29ClN8O12S5.C41H26N10O6S3.O3S/c1-23-38(45-2)35(17-24-7-13-31(14-8-24)66(53,54)55)47-41(46-29-11-15-32(16-12-29)67(56,57)58)39(23)50-52-43-48-40(27-10-9-25-5-3-4-6-26(25)18-27)42(65-43)51-49-30-21-34-33(37(22-30)69(62,63)64)19-28(44)20-36(34)68(59,60)61;1-24-33(22-43)38(45-29-12-16-31(17-13-29)59(52,53)54)47-39(46-30-14-18-32(19-15-30)60(55,56)57)37(24)49-50-40-34(23-44)36(27-11-10-25-6-2-3-7-26(25)20-27)41(58-40)51-48-35-9-5-4-8-28(35)21-42;1-4(2)3/h3-16,18-22H,17H2,1H3,(H,46,47)(H,53,54,55)(H,56,57,58)(H,59,60,61)(H,62,63,64);2-20H,1H3,(H2,45,46,47)(H,52,53,54)(H,55,56,57);. The smallest absolute Gasteiger partial charge is 0.339 e. The maximum Gasteiger partial charge on any atom is 0.425 e. The van der Waals surface area contributed by atoms with Gasteiger partial charge in [0, 0.05) is 56.0 Å². The summed E-state index contributed by atoms with van der Waals surface area (Å²) in [5.74, 6) is 0.0543. The first-order valence-electron chi connectivity index (χ1n) is 37.1. The number of hydrogen-bond acceptors (Lipinski definition) is 34. The summed E-state index contributed by atoms with van der Waals surface area (Å²) >= 11 is 7.95. The van der Waals surface area contributed by atoms with Crippen LogP contribution in [0.25, 0.3) is 59.5 Å². The molecule has 0 aliphatic heterocycles. The first kappa shape index (κ1) is 95.5. The van der Waals surface area contributed by atoms with Crippen molar-refractivity contribution in [1.29, 1.82) is 15.8 Å². The van der Waals surface area contributed by atoms with Crippen molar-refractivity contribution in [3.8, 4) is 40.6 Å². The molecule has 668 valence electrons. The van der Waals surface area contributed by atoms with Crippen molar-refractivity contribution in [3.05, 3.63) is 286 Å². The topological polar surface area (TPSA) is 627 Å². The lowest BCUT2D eigenvalue weighted by molar-refractivity contribution is 0.481. The van der Waals surface area contributed by atoms with E-state index in [-0.39, 0.29) is 136 Å². The van der Waals surface area contributed by atoms with Crippen molar-refractivity contribution in [2.24, 2.45) is 40.9 Å². The summed E-state index contributed by atoms with van der Waals surface area (Å²) in [5.41, 5.74) is 4.56. The van der Waals surface area contributed by atoms with E-state index in [1.54, 1.807) is 44.2 Å². The highest BCUT2D eigenvalue weighted by Crippen LogP contribution is 2.51. The molecule has 0 aliphatic rings. The number of nitriles is 3. The molecule has 133 heavy (non-hydrogen) atoms. The van der Waals surface area contributed by atoms with Crippen molar-refractivity contribution < 1.29 is 90.4 Å². The fourth-order valence-corrected chi connectivity index (χ4v) is 18.2. The highest BCUT2D eigenvalue weighted by Gasteiger charge is 2.28. The maximum atomic E-state index is 12.6. The van der Waals surface area contributed by atoms with Gasteiger partial charge in [0.25, 0.3) is 60.7 Å². The minimum absolute atomic E-state index is 0.00186. The van der Waals surface area contributed by atoms with E-state index >= 15 is 0 Å². The van der Waals surface area contributed by atoms with Crippen LogP contribution in [0, 0.1) is 54.4 Å². The Balaban J connectivity index is 0.000000219. The molecule has 9 N–H and O–H groups in total. The SMILES string of the molecule is Cc1c(C#N)c(Nc2ccc(S(=O)(=O)O)cc2)nc(Nc2ccc(S(=O)(=O)O)cc2)c1N=Nc1sc(N=Nc2ccccc2C#N)c(-c2ccc3ccccc3c2)c1C#N.O=S(=O)=O.[C-]#[N+]c1c(Cc2ccc(S(=O)(=O)O)cc2)nc(Nc2ccc(S(=O)(=O)O)cc2)c(N=Nc2nc(-c3ccc4ccccc4c3)c(N=Nc3cc(S(=O)(=O)O)c4cc(Cl)cc(S(=O)(=O)O)c4c3)s2)c1C. The van der Waals surface area contributed by atoms with Gasteiger partial charge in [-0.2, -0.15) is 66.3 Å². The van der Waals surface area contributed by atoms with E-state index in [4.69, 9.17) is 40.8 Å². The Kier molecular flexibility index (Phi) is 28.3. The number of pyridine rings is 2. The molecule has 0 aliphatic carbocycles. The number of nitrogens with one attached hydrogen (secondary N) is 3. The second-order valence-corrected chi connectivity index (χ2v) is 38.9. The molecule has 0 atom stereocenters. The van der Waals surface area contributed by atoms with Gasteiger partial charge in [0.05, 0.1) is 48.7 Å². The van der Waals surface area contributed by atoms with E-state index in [0.717, 1.165) is 105 Å². The zero-order valence-corrected chi connectivity index (χ0v) is 75.3. The maximum absolute atomic E-state index is 12.6. The number of hydrogen-bond donors (Lipinski definition) is 9. The number of rotatable bonds is 24. The number of thiazole rings is 1. The van der Waals surface area contributed by atoms with Gasteiger partial charge in [-0.25, -0.2) is 19.8 Å². The van der Waals surface area contributed by atoms with Crippen molar-refractivity contribution in [2.75, 3.05) is 16.0 Å². The van der Waals surface area contributed by atoms with E-state index in [2.05, 4.69) is 84.9 Å². The number of thiophene rings is 1. The molecule has 0 spiro atoms. The lowest BCUT2D eigenvalue weighted by atomic mass is 10.00. The van der Waals surface area contributed by atoms with Gasteiger partial charge < -0.3 is 16.0 Å². The molecule has 0 saturated heterocycles. The predicted octanol–water partition coefficient (Wildman–Crippen LogP) is 20.9. The molecule has 0 fully saturated rings. The van der Waals surface area contributed by atoms with Crippen LogP contribution < -0.4 is 16.0 Å². The summed E-state index contributed by atoms with van der Waals surface area (Å²) in [7, 11) is -31.2. The number of azo groups is 4. The first-order chi connectivity index (χ1) is 63.0. The molecule has 4 aromatic heterocycles. The lowest BCUT2D eigenvalue weighted by Gasteiger charge is -2.16. The van der Waals surface area contributed by atoms with E-state index in [1.807, 2.05) is 78.9 Å². The van der Waals surface area contributed by atoms with Gasteiger partial charge in [0.15, 0.2) is 27.5 Å². The third kappa shape index (κ3) is 22.9. The molecule has 49 heteroatoms. The van der Waals surface area contributed by atoms with Crippen molar-refractivity contribution in [1.82, 2.24) is 15.0 Å². The predicted molar refractivity (Wildman–Crippen MR) is 490 cm³/mol. The largest absolute Gasteiger partial charge is 0.425 e. The summed E-state index contributed by atoms with van der Waals surface area (Å²) in [6.07, 6.45) is 0.00186. The number of halogens is 1. The van der Waals surface area contributed by atoms with Crippen molar-refractivity contribution in [2.45, 2.75) is 49.6 Å². The first-order valence-corrected chi connectivity index (χ1v) is 48.8. The Morgan fingerprint density at radius 3 is 1.38 bits per heavy atom. The van der Waals surface area contributed by atoms with Gasteiger partial charge >= 0.3 is 10.6 Å². The van der Waals surface area contributed by atoms with E-state index in [9.17, 15) is 93.6 Å². The van der Waals surface area contributed by atoms with Gasteiger partial charge in [-0.05, 0) is 186 Å². The Labute approximate surface area is 769 Å². The lowest BCUT2D eigenvalue weighted by Crippen LogP contribution is -2.05. The molecule has 0 bridgehead atoms. The molecular formula is C84H55ClN18O21S9. The zero-order chi connectivity index (χ0) is 95.8. The summed E-state index contributed by atoms with van der Waals surface area (Å²) in [6.45, 7) is 11.3. The number of nitrogens with zero attached hydrogens (tertiary/aromatic N) is 15. The van der Waals surface area contributed by atoms with Gasteiger partial charge in [-0.15, -0.1) is 53.5 Å². The van der Waals surface area contributed by atoms with Crippen LogP contribution in [-0.4, -0.2) is 105 Å². The molecule has 0 amide bonds. The molecular weight excluding hydrogens is 1920 g/mol. The number of anilines is 6. The van der Waals surface area contributed by atoms with Crippen molar-refractivity contribution >= 4 is 221 Å². The second-order valence-electron chi connectivity index (χ2n) is 27.7. The van der Waals surface area contributed by atoms with Gasteiger partial charge in [0.2, 0.25) is 10.8 Å². The number of fused-ring (bicyclic) bond motifs is 3. The normalized spacial score (nSPS) is 12.0. The Morgan fingerprint density at radius 1 is 0.429 bits per heavy atom. The fourth-order valence-electron chi connectivity index (χ4n) is 13.0. The van der Waals surface area contributed by atoms with Gasteiger partial charge in [-0.1, -0.05) is 131 Å². The Morgan fingerprint density at radius 2 is 0.872 bits per heavy atom. The Hall–Kier alpha value is -15.0. The summed E-state index contributed by atoms with van der Waals surface area (Å²) < 4.78 is 227. The monoisotopic (exact) mass is 1970 g/mol. The molecule has 15 rings (SSSR count). The minimum atomic E-state index is -5.05. The molecule has 0 radical (unpaired) electrons. The highest BCUT2D eigenvalue weighted by atomic mass is 35.5. The van der Waals surface area contributed by atoms with Crippen LogP contribution >= 0.6 is 34.3 Å². The van der Waals surface area contributed by atoms with Crippen LogP contribution in [0.4, 0.5) is 83.1 Å². The average Bonchev–Trinajstić information content (AvgIpc) is 1.33. The Bertz CT molecular complexity index is 8490. The number of aromatic nitrogens is 3. The molecule has 15 aromatic rings. The molecule has 11 aromatic carbocycles. The average molecular weight is 1980 g/mol. The molecule has 4 heterocycles. The fraction of sp³-hybridized carbons (Fsp3) is 0.0357. The summed E-state index contributed by atoms with van der Waals surface area (Å²) in [4.78, 5) is 14.7. The van der Waals surface area contributed by atoms with Crippen LogP contribution in [0.3, 0.4) is 0 Å². The van der Waals surface area contributed by atoms with Crippen molar-refractivity contribution in [3.63, 3.8) is 0 Å². The van der Waals surface area contributed by atoms with Crippen LogP contribution in [0.5, 0.6) is 0 Å². The third-order valence-corrected chi connectivity index (χ3v) is 26.3. The zero-order valence-electron chi connectivity index (χ0n) is 67.2. The van der Waals surface area contributed by atoms with Crippen LogP contribution in [0.2, 0.25) is 5.02 Å². The minimum Gasteiger partial charge on any atom is -0.339 e. The molecule has 0 saturated carbocycles. The second kappa shape index (κ2) is 39.3. The third-order valence-electron chi connectivity index (χ3n) is 19.1. The van der Waals surface area contributed by atoms with E-state index in [1.165, 1.54) is 60.7 Å². The highest BCUT2D eigenvalue weighted by molar-refractivity contribution is 7.87. The van der Waals surface area contributed by atoms with Gasteiger partial charge in [0.1, 0.15) is 61.3 Å². The van der Waals surface area contributed by atoms with Crippen LogP contribution in [0.15, 0.2) is 301 Å². The van der Waals surface area contributed by atoms with E-state index in [0.29, 0.717) is 49.9 Å². The van der Waals surface area contributed by atoms with E-state index < -0.39 is 81.1 Å². The van der Waals surface area contributed by atoms with Crippen LogP contribution in [0.1, 0.15) is 39.1 Å². The molecule has 39 nitrogen and oxygen atoms in total. The molecule has 0 unspecified atom stereocenters. The number of benzene rings is 11. The van der Waals surface area contributed by atoms with Gasteiger partial charge in [-0.3, -0.25) is 27.3 Å². The quantitative estimate of drug-likeness (QED) is 0.0154. The van der Waals surface area contributed by atoms with Crippen LogP contribution in [-0.2, 0) is 77.7 Å². The summed E-state index contributed by atoms with van der Waals surface area (Å²) in [5, 5.41) is 78.1.